The van der Waals surface area contributed by atoms with E-state index in [-0.39, 0.29) is 33.3 Å². The number of hydrogen-bond donors (Lipinski definition) is 0. The fourth-order valence-corrected chi connectivity index (χ4v) is 0.269. The number of rotatable bonds is 3. The number of methoxy groups -OCH3 is 1. The molecule has 0 spiro atoms. The van der Waals surface area contributed by atoms with Crippen molar-refractivity contribution in [1.29, 1.82) is 0 Å². The molecule has 0 aliphatic carbocycles. The van der Waals surface area contributed by atoms with E-state index < -0.39 is 0 Å². The number of esters is 1. The van der Waals surface area contributed by atoms with Crippen molar-refractivity contribution >= 4 is 33.3 Å². The number of ether oxygens (including phenoxy) is 2. The normalized spacial score (nSPS) is 7.78. The van der Waals surface area contributed by atoms with E-state index in [1.54, 1.807) is 7.11 Å². The second-order valence-corrected chi connectivity index (χ2v) is 1.33. The number of hydrogen-bond acceptors (Lipinski definition) is 3. The molecule has 0 saturated carbocycles. The van der Waals surface area contributed by atoms with E-state index in [9.17, 15) is 4.79 Å². The second kappa shape index (κ2) is 8.35. The van der Waals surface area contributed by atoms with Gasteiger partial charge < -0.3 is 9.47 Å². The van der Waals surface area contributed by atoms with Gasteiger partial charge >= 0.3 is 33.3 Å². The maximum absolute atomic E-state index is 10.0. The first-order valence-electron chi connectivity index (χ1n) is 2.39. The maximum atomic E-state index is 10.0. The summed E-state index contributed by atoms with van der Waals surface area (Å²) in [6.07, 6.45) is 0. The third kappa shape index (κ3) is 11.8. The van der Waals surface area contributed by atoms with Crippen LogP contribution in [-0.4, -0.2) is 53.6 Å². The van der Waals surface area contributed by atoms with Crippen molar-refractivity contribution in [2.75, 3.05) is 20.3 Å². The van der Waals surface area contributed by atoms with Gasteiger partial charge in [0.25, 0.3) is 0 Å². The summed E-state index contributed by atoms with van der Waals surface area (Å²) >= 11 is 0. The Kier molecular flexibility index (Phi) is 11.2. The molecule has 0 rings (SSSR count). The fraction of sp³-hybridized carbons (Fsp3) is 0.800. The van der Waals surface area contributed by atoms with Gasteiger partial charge in [0.05, 0.1) is 6.61 Å². The summed E-state index contributed by atoms with van der Waals surface area (Å²) in [5, 5.41) is 0. The first-order valence-corrected chi connectivity index (χ1v) is 2.39. The van der Waals surface area contributed by atoms with Crippen molar-refractivity contribution in [2.24, 2.45) is 0 Å². The Balaban J connectivity index is 0. The van der Waals surface area contributed by atoms with Gasteiger partial charge in [-0.15, -0.1) is 0 Å². The molecule has 0 N–H and O–H groups in total. The monoisotopic (exact) mass is 328 g/mol. The molecule has 9 heavy (non-hydrogen) atoms. The average Bonchev–Trinajstić information content (AvgIpc) is 1.66. The molecule has 0 unspecified atom stereocenters. The molecule has 0 heterocycles. The Morgan fingerprint density at radius 2 is 2.00 bits per heavy atom. The van der Waals surface area contributed by atoms with Crippen LogP contribution in [0, 0.1) is 0 Å². The van der Waals surface area contributed by atoms with E-state index in [0.29, 0.717) is 13.2 Å². The van der Waals surface area contributed by atoms with Gasteiger partial charge in [0.15, 0.2) is 0 Å². The molecular formula is C5H12O3Pb. The van der Waals surface area contributed by atoms with Crippen LogP contribution in [-0.2, 0) is 14.3 Å². The summed E-state index contributed by atoms with van der Waals surface area (Å²) in [6.45, 7) is 2.20. The molecule has 0 aliphatic heterocycles. The summed E-state index contributed by atoms with van der Waals surface area (Å²) < 4.78 is 9.13. The van der Waals surface area contributed by atoms with Gasteiger partial charge in [-0.25, -0.2) is 0 Å². The first-order chi connectivity index (χ1) is 3.77. The molecule has 0 amide bonds. The van der Waals surface area contributed by atoms with Gasteiger partial charge in [0, 0.05) is 14.0 Å². The second-order valence-electron chi connectivity index (χ2n) is 1.33. The van der Waals surface area contributed by atoms with Crippen LogP contribution in [0.2, 0.25) is 0 Å². The van der Waals surface area contributed by atoms with Crippen LogP contribution in [0.15, 0.2) is 0 Å². The minimum atomic E-state index is -0.262. The zero-order chi connectivity index (χ0) is 6.41. The molecule has 4 heteroatoms. The Morgan fingerprint density at radius 3 is 2.33 bits per heavy atom. The van der Waals surface area contributed by atoms with Crippen molar-refractivity contribution in [1.82, 2.24) is 0 Å². The summed E-state index contributed by atoms with van der Waals surface area (Å²) in [7, 11) is 1.56. The van der Waals surface area contributed by atoms with Gasteiger partial charge in [0.1, 0.15) is 6.61 Å². The standard InChI is InChI=1S/C5H10O3.Pb.2H/c1-5(6)8-4-3-7-2;;;/h3-4H2,1-2H3;;;. The molecule has 0 saturated heterocycles. The molecule has 3 nitrogen and oxygen atoms in total. The third-order valence-corrected chi connectivity index (χ3v) is 0.593. The average molecular weight is 327 g/mol. The van der Waals surface area contributed by atoms with E-state index in [2.05, 4.69) is 9.47 Å². The Hall–Kier alpha value is 0.352. The molecule has 0 aromatic heterocycles. The molecule has 0 aromatic rings. The fourth-order valence-electron chi connectivity index (χ4n) is 0.269. The number of carbonyl (C=O) groups is 1. The molecule has 0 bridgehead atoms. The van der Waals surface area contributed by atoms with Crippen molar-refractivity contribution in [3.05, 3.63) is 0 Å². The van der Waals surface area contributed by atoms with Crippen LogP contribution in [0.5, 0.6) is 0 Å². The predicted molar refractivity (Wildman–Crippen MR) is 37.1 cm³/mol. The SMILES string of the molecule is COCCOC(C)=O.[PbH2]. The summed E-state index contributed by atoms with van der Waals surface area (Å²) in [4.78, 5) is 10.0. The Morgan fingerprint density at radius 1 is 1.44 bits per heavy atom. The van der Waals surface area contributed by atoms with E-state index >= 15 is 0 Å². The van der Waals surface area contributed by atoms with E-state index in [4.69, 9.17) is 0 Å². The van der Waals surface area contributed by atoms with Gasteiger partial charge in [-0.1, -0.05) is 0 Å². The molecule has 0 atom stereocenters. The van der Waals surface area contributed by atoms with Crippen LogP contribution in [0.4, 0.5) is 0 Å². The van der Waals surface area contributed by atoms with E-state index in [1.807, 2.05) is 0 Å². The van der Waals surface area contributed by atoms with Crippen LogP contribution in [0.1, 0.15) is 6.92 Å². The summed E-state index contributed by atoms with van der Waals surface area (Å²) in [5.41, 5.74) is 0. The molecule has 54 valence electrons. The predicted octanol–water partition coefficient (Wildman–Crippen LogP) is -0.720. The molecular weight excluding hydrogens is 315 g/mol. The van der Waals surface area contributed by atoms with Crippen molar-refractivity contribution in [3.63, 3.8) is 0 Å². The van der Waals surface area contributed by atoms with Crippen LogP contribution < -0.4 is 0 Å². The van der Waals surface area contributed by atoms with E-state index in [1.165, 1.54) is 6.92 Å². The zero-order valence-corrected chi connectivity index (χ0v) is 11.3. The molecule has 0 aliphatic rings. The molecule has 2 radical (unpaired) electrons. The Labute approximate surface area is 74.9 Å². The van der Waals surface area contributed by atoms with Crippen LogP contribution in [0.3, 0.4) is 0 Å². The quantitative estimate of drug-likeness (QED) is 0.390. The van der Waals surface area contributed by atoms with Crippen molar-refractivity contribution in [3.8, 4) is 0 Å². The molecule has 0 aromatic carbocycles. The third-order valence-electron chi connectivity index (χ3n) is 0.593. The summed E-state index contributed by atoms with van der Waals surface area (Å²) in [5.74, 6) is -0.262. The van der Waals surface area contributed by atoms with E-state index in [0.717, 1.165) is 0 Å². The minimum absolute atomic E-state index is 0. The van der Waals surface area contributed by atoms with Crippen LogP contribution >= 0.6 is 0 Å². The zero-order valence-electron chi connectivity index (χ0n) is 5.85. The van der Waals surface area contributed by atoms with Gasteiger partial charge in [0.2, 0.25) is 0 Å². The van der Waals surface area contributed by atoms with Gasteiger partial charge in [-0.05, 0) is 0 Å². The van der Waals surface area contributed by atoms with Crippen LogP contribution in [0.25, 0.3) is 0 Å². The molecule has 0 fully saturated rings. The first kappa shape index (κ1) is 12.1. The summed E-state index contributed by atoms with van der Waals surface area (Å²) in [6, 6.07) is 0. The van der Waals surface area contributed by atoms with Gasteiger partial charge in [-0.2, -0.15) is 0 Å². The van der Waals surface area contributed by atoms with Crippen molar-refractivity contribution < 1.29 is 14.3 Å². The van der Waals surface area contributed by atoms with Crippen molar-refractivity contribution in [2.45, 2.75) is 6.92 Å². The van der Waals surface area contributed by atoms with Gasteiger partial charge in [-0.3, -0.25) is 4.79 Å². The topological polar surface area (TPSA) is 35.5 Å². The number of carbonyl (C=O) groups excluding carboxylic acids is 1. The Bertz CT molecular complexity index is 74.6.